The van der Waals surface area contributed by atoms with Crippen molar-refractivity contribution in [1.29, 1.82) is 0 Å². The average Bonchev–Trinajstić information content (AvgIpc) is 3.40. The summed E-state index contributed by atoms with van der Waals surface area (Å²) in [5.74, 6) is -0.0919. The van der Waals surface area contributed by atoms with E-state index >= 15 is 0 Å². The Bertz CT molecular complexity index is 1190. The Morgan fingerprint density at radius 2 is 1.59 bits per heavy atom. The highest BCUT2D eigenvalue weighted by Gasteiger charge is 2.18. The third-order valence-corrected chi connectivity index (χ3v) is 7.25. The van der Waals surface area contributed by atoms with E-state index in [2.05, 4.69) is 70.7 Å². The van der Waals surface area contributed by atoms with Crippen LogP contribution in [-0.2, 0) is 13.1 Å². The lowest BCUT2D eigenvalue weighted by atomic mass is 9.88. The zero-order valence-electron chi connectivity index (χ0n) is 21.3. The number of rotatable bonds is 13. The van der Waals surface area contributed by atoms with Crippen molar-refractivity contribution in [2.24, 2.45) is 0 Å². The number of nitrogens with zero attached hydrogens (tertiary/aromatic N) is 2. The van der Waals surface area contributed by atoms with Crippen LogP contribution in [0.2, 0.25) is 0 Å². The summed E-state index contributed by atoms with van der Waals surface area (Å²) in [6.07, 6.45) is 2.91. The Morgan fingerprint density at radius 1 is 0.946 bits per heavy atom. The molecule has 0 fully saturated rings. The van der Waals surface area contributed by atoms with Crippen molar-refractivity contribution < 1.29 is 9.18 Å². The summed E-state index contributed by atoms with van der Waals surface area (Å²) in [5.41, 5.74) is 4.10. The van der Waals surface area contributed by atoms with Gasteiger partial charge in [-0.2, -0.15) is 0 Å². The summed E-state index contributed by atoms with van der Waals surface area (Å²) in [6.45, 7) is 4.89. The van der Waals surface area contributed by atoms with E-state index in [9.17, 15) is 9.18 Å². The lowest BCUT2D eigenvalue weighted by Crippen LogP contribution is -2.26. The Morgan fingerprint density at radius 3 is 2.22 bits per heavy atom. The molecule has 192 valence electrons. The number of thiazole rings is 1. The van der Waals surface area contributed by atoms with Gasteiger partial charge in [-0.15, -0.1) is 11.3 Å². The molecule has 0 aliphatic heterocycles. The molecule has 0 aliphatic carbocycles. The largest absolute Gasteiger partial charge is 0.351 e. The Balaban J connectivity index is 1.50. The third kappa shape index (κ3) is 8.07. The number of aromatic nitrogens is 1. The van der Waals surface area contributed by atoms with Crippen LogP contribution in [-0.4, -0.2) is 28.9 Å². The first-order valence-corrected chi connectivity index (χ1v) is 13.8. The van der Waals surface area contributed by atoms with Gasteiger partial charge in [-0.05, 0) is 48.2 Å². The van der Waals surface area contributed by atoms with Gasteiger partial charge in [0.25, 0.3) is 5.91 Å². The molecule has 4 aromatic rings. The van der Waals surface area contributed by atoms with Gasteiger partial charge in [0.2, 0.25) is 0 Å². The van der Waals surface area contributed by atoms with E-state index in [-0.39, 0.29) is 17.6 Å². The molecule has 0 radical (unpaired) electrons. The van der Waals surface area contributed by atoms with Gasteiger partial charge in [0.05, 0.1) is 6.54 Å². The van der Waals surface area contributed by atoms with Crippen LogP contribution in [0.4, 0.5) is 4.39 Å². The lowest BCUT2D eigenvalue weighted by Gasteiger charge is -2.25. The average molecular weight is 516 g/mol. The third-order valence-electron chi connectivity index (χ3n) is 6.42. The number of benzene rings is 3. The summed E-state index contributed by atoms with van der Waals surface area (Å²) in [7, 11) is 0. The number of hydrogen-bond acceptors (Lipinski definition) is 4. The molecule has 0 saturated carbocycles. The van der Waals surface area contributed by atoms with Crippen molar-refractivity contribution in [3.05, 3.63) is 124 Å². The minimum atomic E-state index is -0.234. The molecule has 1 heterocycles. The normalized spacial score (nSPS) is 11.2. The summed E-state index contributed by atoms with van der Waals surface area (Å²) < 4.78 is 13.5. The van der Waals surface area contributed by atoms with Crippen molar-refractivity contribution in [2.45, 2.75) is 45.2 Å². The van der Waals surface area contributed by atoms with Crippen molar-refractivity contribution in [3.63, 3.8) is 0 Å². The van der Waals surface area contributed by atoms with Gasteiger partial charge in [-0.25, -0.2) is 9.37 Å². The van der Waals surface area contributed by atoms with Crippen molar-refractivity contribution >= 4 is 17.2 Å². The molecule has 0 atom stereocenters. The zero-order valence-corrected chi connectivity index (χ0v) is 22.1. The molecule has 0 unspecified atom stereocenters. The van der Waals surface area contributed by atoms with Crippen molar-refractivity contribution in [2.75, 3.05) is 13.1 Å². The summed E-state index contributed by atoms with van der Waals surface area (Å²) in [5, 5.41) is 5.68. The van der Waals surface area contributed by atoms with Gasteiger partial charge in [-0.3, -0.25) is 9.69 Å². The van der Waals surface area contributed by atoms with Gasteiger partial charge in [0.15, 0.2) is 0 Å². The molecule has 1 N–H and O–H groups in total. The number of carbonyl (C=O) groups is 1. The van der Waals surface area contributed by atoms with Crippen LogP contribution in [0.25, 0.3) is 0 Å². The molecule has 0 aliphatic rings. The number of amides is 1. The fraction of sp³-hybridized carbons (Fsp3) is 0.290. The minimum Gasteiger partial charge on any atom is -0.351 e. The standard InChI is InChI=1S/C31H34FN3OS/c1-2-3-19-33-31(36)29-23-37-30(34-29)22-35(21-24-14-16-27(32)17-15-24)20-18-28(25-10-6-4-7-11-25)26-12-8-5-9-13-26/h4-17,23,28H,2-3,18-22H2,1H3,(H,33,36). The second-order valence-corrected chi connectivity index (χ2v) is 10.2. The van der Waals surface area contributed by atoms with Gasteiger partial charge in [0.1, 0.15) is 16.5 Å². The summed E-state index contributed by atoms with van der Waals surface area (Å²) in [6, 6.07) is 27.9. The van der Waals surface area contributed by atoms with Crippen LogP contribution in [0.5, 0.6) is 0 Å². The zero-order chi connectivity index (χ0) is 25.9. The second-order valence-electron chi connectivity index (χ2n) is 9.24. The SMILES string of the molecule is CCCCNC(=O)c1csc(CN(CCC(c2ccccc2)c2ccccc2)Cc2ccc(F)cc2)n1. The fourth-order valence-electron chi connectivity index (χ4n) is 4.42. The molecule has 37 heavy (non-hydrogen) atoms. The van der Waals surface area contributed by atoms with Crippen molar-refractivity contribution in [1.82, 2.24) is 15.2 Å². The topological polar surface area (TPSA) is 45.2 Å². The lowest BCUT2D eigenvalue weighted by molar-refractivity contribution is 0.0948. The highest BCUT2D eigenvalue weighted by Crippen LogP contribution is 2.29. The Hall–Kier alpha value is -3.35. The van der Waals surface area contributed by atoms with E-state index in [0.29, 0.717) is 25.3 Å². The quantitative estimate of drug-likeness (QED) is 0.194. The van der Waals surface area contributed by atoms with Crippen LogP contribution in [0.15, 0.2) is 90.3 Å². The maximum Gasteiger partial charge on any atom is 0.270 e. The van der Waals surface area contributed by atoms with Crippen LogP contribution < -0.4 is 5.32 Å². The van der Waals surface area contributed by atoms with E-state index in [4.69, 9.17) is 0 Å². The van der Waals surface area contributed by atoms with Crippen molar-refractivity contribution in [3.8, 4) is 0 Å². The van der Waals surface area contributed by atoms with Crippen LogP contribution in [0.1, 0.15) is 64.3 Å². The van der Waals surface area contributed by atoms with Crippen LogP contribution in [0.3, 0.4) is 0 Å². The van der Waals surface area contributed by atoms with E-state index in [1.807, 2.05) is 29.6 Å². The molecule has 0 saturated heterocycles. The number of halogens is 1. The number of carbonyl (C=O) groups excluding carboxylic acids is 1. The maximum atomic E-state index is 13.5. The molecular weight excluding hydrogens is 481 g/mol. The molecule has 1 aromatic heterocycles. The highest BCUT2D eigenvalue weighted by atomic mass is 32.1. The molecule has 0 spiro atoms. The van der Waals surface area contributed by atoms with E-state index < -0.39 is 0 Å². The van der Waals surface area contributed by atoms with Gasteiger partial charge < -0.3 is 5.32 Å². The number of nitrogens with one attached hydrogen (secondary N) is 1. The molecule has 3 aromatic carbocycles. The summed E-state index contributed by atoms with van der Waals surface area (Å²) >= 11 is 1.51. The number of unbranched alkanes of at least 4 members (excludes halogenated alkanes) is 1. The smallest absolute Gasteiger partial charge is 0.270 e. The predicted octanol–water partition coefficient (Wildman–Crippen LogP) is 7.04. The summed E-state index contributed by atoms with van der Waals surface area (Å²) in [4.78, 5) is 19.4. The first kappa shape index (κ1) is 26.7. The van der Waals surface area contributed by atoms with Crippen LogP contribution >= 0.6 is 11.3 Å². The second kappa shape index (κ2) is 13.8. The van der Waals surface area contributed by atoms with E-state index in [1.165, 1.54) is 34.6 Å². The van der Waals surface area contributed by atoms with Gasteiger partial charge in [-0.1, -0.05) is 86.1 Å². The minimum absolute atomic E-state index is 0.116. The van der Waals surface area contributed by atoms with E-state index in [1.54, 1.807) is 0 Å². The van der Waals surface area contributed by atoms with Gasteiger partial charge >= 0.3 is 0 Å². The molecule has 6 heteroatoms. The molecule has 1 amide bonds. The van der Waals surface area contributed by atoms with Gasteiger partial charge in [0, 0.05) is 24.4 Å². The molecule has 0 bridgehead atoms. The fourth-order valence-corrected chi connectivity index (χ4v) is 5.23. The monoisotopic (exact) mass is 515 g/mol. The Labute approximate surface area is 223 Å². The van der Waals surface area contributed by atoms with E-state index in [0.717, 1.165) is 36.4 Å². The highest BCUT2D eigenvalue weighted by molar-refractivity contribution is 7.09. The first-order chi connectivity index (χ1) is 18.1. The number of hydrogen-bond donors (Lipinski definition) is 1. The maximum absolute atomic E-state index is 13.5. The molecule has 4 nitrogen and oxygen atoms in total. The first-order valence-electron chi connectivity index (χ1n) is 12.9. The molecular formula is C31H34FN3OS. The molecule has 4 rings (SSSR count). The van der Waals surface area contributed by atoms with Crippen LogP contribution in [0, 0.1) is 5.82 Å². The predicted molar refractivity (Wildman–Crippen MR) is 149 cm³/mol. The Kier molecular flexibility index (Phi) is 9.97.